The number of carboxylic acids is 1. The van der Waals surface area contributed by atoms with Gasteiger partial charge in [-0.1, -0.05) is 24.3 Å². The first-order chi connectivity index (χ1) is 7.63. The molecule has 1 N–H and O–H groups in total. The van der Waals surface area contributed by atoms with Crippen LogP contribution in [0, 0.1) is 0 Å². The Kier molecular flexibility index (Phi) is 4.27. The molecule has 4 heteroatoms. The summed E-state index contributed by atoms with van der Waals surface area (Å²) in [4.78, 5) is 21.4. The van der Waals surface area contributed by atoms with Crippen LogP contribution in [-0.4, -0.2) is 17.0 Å². The summed E-state index contributed by atoms with van der Waals surface area (Å²) in [6, 6.07) is 6.95. The molecule has 16 heavy (non-hydrogen) atoms. The minimum absolute atomic E-state index is 0.383. The monoisotopic (exact) mass is 220 g/mol. The molecule has 0 spiro atoms. The van der Waals surface area contributed by atoms with Crippen LogP contribution in [0.4, 0.5) is 0 Å². The topological polar surface area (TPSA) is 63.6 Å². The molecule has 4 nitrogen and oxygen atoms in total. The highest BCUT2D eigenvalue weighted by Crippen LogP contribution is 2.19. The fraction of sp³-hybridized carbons (Fsp3) is 0.167. The number of allylic oxidation sites excluding steroid dienone is 1. The van der Waals surface area contributed by atoms with Crippen LogP contribution < -0.4 is 4.74 Å². The lowest BCUT2D eigenvalue weighted by Crippen LogP contribution is -2.14. The quantitative estimate of drug-likeness (QED) is 0.355. The number of rotatable bonds is 5. The Labute approximate surface area is 93.2 Å². The van der Waals surface area contributed by atoms with E-state index in [4.69, 9.17) is 9.84 Å². The standard InChI is InChI=1S/C12H12O4/c1-2-5-9-6-3-4-7-10(9)16-12(15)8-11(13)14/h2-4,6-7H,1,5,8H2,(H,13,14). The van der Waals surface area contributed by atoms with Gasteiger partial charge in [0.1, 0.15) is 12.2 Å². The Balaban J connectivity index is 2.75. The molecule has 1 rings (SSSR count). The van der Waals surface area contributed by atoms with Crippen molar-refractivity contribution in [2.24, 2.45) is 0 Å². The summed E-state index contributed by atoms with van der Waals surface area (Å²) < 4.78 is 4.94. The summed E-state index contributed by atoms with van der Waals surface area (Å²) >= 11 is 0. The van der Waals surface area contributed by atoms with Crippen molar-refractivity contribution in [2.75, 3.05) is 0 Å². The molecule has 0 fully saturated rings. The lowest BCUT2D eigenvalue weighted by molar-refractivity contribution is -0.145. The highest BCUT2D eigenvalue weighted by atomic mass is 16.5. The van der Waals surface area contributed by atoms with Crippen LogP contribution in [0.25, 0.3) is 0 Å². The van der Waals surface area contributed by atoms with Crippen molar-refractivity contribution in [2.45, 2.75) is 12.8 Å². The molecule has 84 valence electrons. The molecule has 0 aliphatic rings. The van der Waals surface area contributed by atoms with Crippen molar-refractivity contribution >= 4 is 11.9 Å². The fourth-order valence-corrected chi connectivity index (χ4v) is 1.21. The first kappa shape index (κ1) is 12.0. The van der Waals surface area contributed by atoms with E-state index < -0.39 is 18.4 Å². The number of aliphatic carboxylic acids is 1. The van der Waals surface area contributed by atoms with Gasteiger partial charge >= 0.3 is 11.9 Å². The van der Waals surface area contributed by atoms with Gasteiger partial charge in [-0.05, 0) is 18.1 Å². The van der Waals surface area contributed by atoms with E-state index in [-0.39, 0.29) is 0 Å². The Morgan fingerprint density at radius 1 is 1.38 bits per heavy atom. The smallest absolute Gasteiger partial charge is 0.322 e. The van der Waals surface area contributed by atoms with Gasteiger partial charge in [-0.15, -0.1) is 6.58 Å². The number of carbonyl (C=O) groups is 2. The Hall–Kier alpha value is -2.10. The second kappa shape index (κ2) is 5.70. The van der Waals surface area contributed by atoms with Gasteiger partial charge in [0, 0.05) is 0 Å². The maximum Gasteiger partial charge on any atom is 0.322 e. The number of hydrogen-bond acceptors (Lipinski definition) is 3. The third-order valence-electron chi connectivity index (χ3n) is 1.86. The average Bonchev–Trinajstić information content (AvgIpc) is 2.20. The molecule has 0 radical (unpaired) electrons. The zero-order valence-corrected chi connectivity index (χ0v) is 8.68. The number of hydrogen-bond donors (Lipinski definition) is 1. The van der Waals surface area contributed by atoms with E-state index >= 15 is 0 Å². The van der Waals surface area contributed by atoms with E-state index in [0.29, 0.717) is 12.2 Å². The second-order valence-corrected chi connectivity index (χ2v) is 3.15. The molecule has 0 atom stereocenters. The lowest BCUT2D eigenvalue weighted by atomic mass is 10.1. The zero-order valence-electron chi connectivity index (χ0n) is 8.68. The van der Waals surface area contributed by atoms with Crippen LogP contribution in [0.15, 0.2) is 36.9 Å². The van der Waals surface area contributed by atoms with Crippen LogP contribution >= 0.6 is 0 Å². The van der Waals surface area contributed by atoms with Crippen molar-refractivity contribution in [1.82, 2.24) is 0 Å². The summed E-state index contributed by atoms with van der Waals surface area (Å²) in [5, 5.41) is 8.42. The number of carboxylic acid groups (broad SMARTS) is 1. The van der Waals surface area contributed by atoms with E-state index in [0.717, 1.165) is 5.56 Å². The summed E-state index contributed by atoms with van der Waals surface area (Å²) in [6.07, 6.45) is 1.61. The average molecular weight is 220 g/mol. The minimum Gasteiger partial charge on any atom is -0.481 e. The van der Waals surface area contributed by atoms with Crippen molar-refractivity contribution in [3.63, 3.8) is 0 Å². The first-order valence-corrected chi connectivity index (χ1v) is 4.74. The summed E-state index contributed by atoms with van der Waals surface area (Å²) in [7, 11) is 0. The lowest BCUT2D eigenvalue weighted by Gasteiger charge is -2.07. The van der Waals surface area contributed by atoms with E-state index in [9.17, 15) is 9.59 Å². The maximum absolute atomic E-state index is 11.2. The number of benzene rings is 1. The first-order valence-electron chi connectivity index (χ1n) is 4.74. The van der Waals surface area contributed by atoms with E-state index in [1.54, 1.807) is 24.3 Å². The summed E-state index contributed by atoms with van der Waals surface area (Å²) in [6.45, 7) is 3.59. The van der Waals surface area contributed by atoms with E-state index in [2.05, 4.69) is 6.58 Å². The number of esters is 1. The van der Waals surface area contributed by atoms with Crippen molar-refractivity contribution in [3.8, 4) is 5.75 Å². The van der Waals surface area contributed by atoms with Crippen LogP contribution in [0.5, 0.6) is 5.75 Å². The van der Waals surface area contributed by atoms with Gasteiger partial charge in [-0.3, -0.25) is 9.59 Å². The SMILES string of the molecule is C=CCc1ccccc1OC(=O)CC(=O)O. The molecule has 0 aliphatic heterocycles. The van der Waals surface area contributed by atoms with Gasteiger partial charge in [0.25, 0.3) is 0 Å². The van der Waals surface area contributed by atoms with Crippen LogP contribution in [0.1, 0.15) is 12.0 Å². The molecule has 0 saturated carbocycles. The highest BCUT2D eigenvalue weighted by molar-refractivity contribution is 5.91. The van der Waals surface area contributed by atoms with Crippen LogP contribution in [0.3, 0.4) is 0 Å². The number of carbonyl (C=O) groups excluding carboxylic acids is 1. The van der Waals surface area contributed by atoms with Gasteiger partial charge in [-0.25, -0.2) is 0 Å². The molecular weight excluding hydrogens is 208 g/mol. The van der Waals surface area contributed by atoms with Gasteiger partial charge < -0.3 is 9.84 Å². The molecule has 0 saturated heterocycles. The Morgan fingerprint density at radius 3 is 2.69 bits per heavy atom. The largest absolute Gasteiger partial charge is 0.481 e. The van der Waals surface area contributed by atoms with Gasteiger partial charge in [0.2, 0.25) is 0 Å². The summed E-state index contributed by atoms with van der Waals surface area (Å²) in [5.41, 5.74) is 0.802. The highest BCUT2D eigenvalue weighted by Gasteiger charge is 2.11. The predicted molar refractivity (Wildman–Crippen MR) is 58.2 cm³/mol. The van der Waals surface area contributed by atoms with Crippen molar-refractivity contribution in [3.05, 3.63) is 42.5 Å². The Bertz CT molecular complexity index is 409. The van der Waals surface area contributed by atoms with Crippen molar-refractivity contribution in [1.29, 1.82) is 0 Å². The van der Waals surface area contributed by atoms with Crippen LogP contribution in [-0.2, 0) is 16.0 Å². The summed E-state index contributed by atoms with van der Waals surface area (Å²) in [5.74, 6) is -1.59. The molecule has 1 aromatic rings. The van der Waals surface area contributed by atoms with Crippen molar-refractivity contribution < 1.29 is 19.4 Å². The minimum atomic E-state index is -1.20. The van der Waals surface area contributed by atoms with E-state index in [1.165, 1.54) is 0 Å². The zero-order chi connectivity index (χ0) is 12.0. The molecular formula is C12H12O4. The van der Waals surface area contributed by atoms with Crippen LogP contribution in [0.2, 0.25) is 0 Å². The normalized spacial score (nSPS) is 9.50. The third kappa shape index (κ3) is 3.57. The van der Waals surface area contributed by atoms with Gasteiger partial charge in [0.05, 0.1) is 0 Å². The molecule has 0 unspecified atom stereocenters. The fourth-order valence-electron chi connectivity index (χ4n) is 1.21. The van der Waals surface area contributed by atoms with E-state index in [1.807, 2.05) is 6.07 Å². The molecule has 0 bridgehead atoms. The molecule has 0 heterocycles. The number of ether oxygens (including phenoxy) is 1. The second-order valence-electron chi connectivity index (χ2n) is 3.15. The Morgan fingerprint density at radius 2 is 2.06 bits per heavy atom. The van der Waals surface area contributed by atoms with Gasteiger partial charge in [-0.2, -0.15) is 0 Å². The molecule has 1 aromatic carbocycles. The molecule has 0 aromatic heterocycles. The molecule has 0 amide bonds. The molecule has 0 aliphatic carbocycles. The third-order valence-corrected chi connectivity index (χ3v) is 1.86. The maximum atomic E-state index is 11.2. The number of para-hydroxylation sites is 1. The van der Waals surface area contributed by atoms with Gasteiger partial charge in [0.15, 0.2) is 0 Å². The predicted octanol–water partition coefficient (Wildman–Crippen LogP) is 1.80.